The van der Waals surface area contributed by atoms with Gasteiger partial charge >= 0.3 is 0 Å². The second-order valence-electron chi connectivity index (χ2n) is 4.51. The second-order valence-corrected chi connectivity index (χ2v) is 4.51. The van der Waals surface area contributed by atoms with E-state index < -0.39 is 0 Å². The van der Waals surface area contributed by atoms with Crippen LogP contribution in [0.1, 0.15) is 36.9 Å². The van der Waals surface area contributed by atoms with E-state index in [9.17, 15) is 0 Å². The molecule has 1 fully saturated rings. The standard InChI is InChI=1S/C13H20N2/c1-11-9-12(6-8-14-11)10-13-5-3-2-4-7-15-13/h6,8-9,13,15H,2-5,7,10H2,1H3. The van der Waals surface area contributed by atoms with Crippen LogP contribution in [-0.4, -0.2) is 17.6 Å². The Bertz CT molecular complexity index is 301. The first kappa shape index (κ1) is 10.6. The Kier molecular flexibility index (Phi) is 3.73. The van der Waals surface area contributed by atoms with Gasteiger partial charge in [0, 0.05) is 17.9 Å². The van der Waals surface area contributed by atoms with Crippen molar-refractivity contribution in [1.82, 2.24) is 10.3 Å². The van der Waals surface area contributed by atoms with Crippen LogP contribution in [0.15, 0.2) is 18.3 Å². The van der Waals surface area contributed by atoms with E-state index in [1.807, 2.05) is 6.20 Å². The molecule has 2 rings (SSSR count). The molecule has 2 heteroatoms. The Labute approximate surface area is 92.1 Å². The van der Waals surface area contributed by atoms with Crippen molar-refractivity contribution in [2.24, 2.45) is 0 Å². The summed E-state index contributed by atoms with van der Waals surface area (Å²) in [5.74, 6) is 0. The summed E-state index contributed by atoms with van der Waals surface area (Å²) < 4.78 is 0. The average Bonchev–Trinajstić information content (AvgIpc) is 2.46. The zero-order valence-electron chi connectivity index (χ0n) is 9.50. The lowest BCUT2D eigenvalue weighted by atomic mass is 10.0. The molecule has 1 aromatic rings. The molecule has 0 amide bonds. The van der Waals surface area contributed by atoms with Gasteiger partial charge in [0.1, 0.15) is 0 Å². The molecule has 2 heterocycles. The number of aryl methyl sites for hydroxylation is 1. The predicted octanol–water partition coefficient (Wildman–Crippen LogP) is 2.46. The zero-order valence-corrected chi connectivity index (χ0v) is 9.50. The Morgan fingerprint density at radius 3 is 3.20 bits per heavy atom. The molecule has 0 spiro atoms. The maximum atomic E-state index is 4.23. The number of aromatic nitrogens is 1. The first-order valence-corrected chi connectivity index (χ1v) is 5.99. The quantitative estimate of drug-likeness (QED) is 0.800. The van der Waals surface area contributed by atoms with Gasteiger partial charge in [-0.25, -0.2) is 0 Å². The summed E-state index contributed by atoms with van der Waals surface area (Å²) in [7, 11) is 0. The summed E-state index contributed by atoms with van der Waals surface area (Å²) in [6.07, 6.45) is 8.50. The van der Waals surface area contributed by atoms with Gasteiger partial charge in [0.05, 0.1) is 0 Å². The van der Waals surface area contributed by atoms with Crippen molar-refractivity contribution in [3.05, 3.63) is 29.6 Å². The van der Waals surface area contributed by atoms with E-state index in [1.165, 1.54) is 37.8 Å². The molecule has 1 aliphatic heterocycles. The van der Waals surface area contributed by atoms with Gasteiger partial charge in [0.2, 0.25) is 0 Å². The van der Waals surface area contributed by atoms with Crippen molar-refractivity contribution in [2.75, 3.05) is 6.54 Å². The van der Waals surface area contributed by atoms with Gasteiger partial charge < -0.3 is 5.32 Å². The largest absolute Gasteiger partial charge is 0.314 e. The molecule has 0 radical (unpaired) electrons. The number of rotatable bonds is 2. The van der Waals surface area contributed by atoms with Crippen molar-refractivity contribution in [1.29, 1.82) is 0 Å². The van der Waals surface area contributed by atoms with Gasteiger partial charge in [0.25, 0.3) is 0 Å². The normalized spacial score (nSPS) is 22.3. The minimum Gasteiger partial charge on any atom is -0.314 e. The van der Waals surface area contributed by atoms with Gasteiger partial charge in [0.15, 0.2) is 0 Å². The highest BCUT2D eigenvalue weighted by Gasteiger charge is 2.11. The molecule has 1 saturated heterocycles. The van der Waals surface area contributed by atoms with Gasteiger partial charge in [-0.3, -0.25) is 4.98 Å². The van der Waals surface area contributed by atoms with E-state index in [2.05, 4.69) is 29.4 Å². The molecule has 82 valence electrons. The highest BCUT2D eigenvalue weighted by Crippen LogP contribution is 2.13. The predicted molar refractivity (Wildman–Crippen MR) is 62.9 cm³/mol. The number of hydrogen-bond donors (Lipinski definition) is 1. The highest BCUT2D eigenvalue weighted by atomic mass is 14.9. The lowest BCUT2D eigenvalue weighted by Crippen LogP contribution is -2.30. The van der Waals surface area contributed by atoms with Crippen molar-refractivity contribution >= 4 is 0 Å². The first-order chi connectivity index (χ1) is 7.34. The maximum absolute atomic E-state index is 4.23. The van der Waals surface area contributed by atoms with Gasteiger partial charge in [-0.1, -0.05) is 12.8 Å². The summed E-state index contributed by atoms with van der Waals surface area (Å²) in [6.45, 7) is 3.25. The van der Waals surface area contributed by atoms with Crippen LogP contribution < -0.4 is 5.32 Å². The minimum atomic E-state index is 0.675. The van der Waals surface area contributed by atoms with Crippen LogP contribution >= 0.6 is 0 Å². The third-order valence-electron chi connectivity index (χ3n) is 3.11. The van der Waals surface area contributed by atoms with Gasteiger partial charge in [-0.2, -0.15) is 0 Å². The third kappa shape index (κ3) is 3.31. The number of nitrogens with zero attached hydrogens (tertiary/aromatic N) is 1. The van der Waals surface area contributed by atoms with Crippen LogP contribution in [0, 0.1) is 6.92 Å². The fraction of sp³-hybridized carbons (Fsp3) is 0.615. The van der Waals surface area contributed by atoms with Gasteiger partial charge in [-0.15, -0.1) is 0 Å². The molecule has 0 aliphatic carbocycles. The Morgan fingerprint density at radius 2 is 2.33 bits per heavy atom. The molecule has 1 atom stereocenters. The summed E-state index contributed by atoms with van der Waals surface area (Å²) in [5.41, 5.74) is 2.54. The zero-order chi connectivity index (χ0) is 10.5. The molecular formula is C13H20N2. The lowest BCUT2D eigenvalue weighted by Gasteiger charge is -2.15. The summed E-state index contributed by atoms with van der Waals surface area (Å²) in [6, 6.07) is 5.01. The molecule has 15 heavy (non-hydrogen) atoms. The molecule has 1 aromatic heterocycles. The van der Waals surface area contributed by atoms with Crippen molar-refractivity contribution < 1.29 is 0 Å². The van der Waals surface area contributed by atoms with E-state index in [-0.39, 0.29) is 0 Å². The van der Waals surface area contributed by atoms with Crippen LogP contribution in [0.3, 0.4) is 0 Å². The Morgan fingerprint density at radius 1 is 1.40 bits per heavy atom. The van der Waals surface area contributed by atoms with E-state index in [0.717, 1.165) is 12.1 Å². The molecular weight excluding hydrogens is 184 g/mol. The topological polar surface area (TPSA) is 24.9 Å². The second kappa shape index (κ2) is 5.26. The lowest BCUT2D eigenvalue weighted by molar-refractivity contribution is 0.507. The Balaban J connectivity index is 1.95. The highest BCUT2D eigenvalue weighted by molar-refractivity contribution is 5.16. The van der Waals surface area contributed by atoms with Crippen molar-refractivity contribution in [3.63, 3.8) is 0 Å². The third-order valence-corrected chi connectivity index (χ3v) is 3.11. The van der Waals surface area contributed by atoms with Gasteiger partial charge in [-0.05, 0) is 50.4 Å². The fourth-order valence-electron chi connectivity index (χ4n) is 2.29. The monoisotopic (exact) mass is 204 g/mol. The van der Waals surface area contributed by atoms with Crippen LogP contribution in [-0.2, 0) is 6.42 Å². The van der Waals surface area contributed by atoms with Crippen molar-refractivity contribution in [3.8, 4) is 0 Å². The van der Waals surface area contributed by atoms with E-state index in [1.54, 1.807) is 0 Å². The summed E-state index contributed by atoms with van der Waals surface area (Å²) in [5, 5.41) is 3.63. The van der Waals surface area contributed by atoms with E-state index in [0.29, 0.717) is 6.04 Å². The average molecular weight is 204 g/mol. The first-order valence-electron chi connectivity index (χ1n) is 5.99. The van der Waals surface area contributed by atoms with Crippen LogP contribution in [0.5, 0.6) is 0 Å². The molecule has 1 aliphatic rings. The van der Waals surface area contributed by atoms with Crippen LogP contribution in [0.25, 0.3) is 0 Å². The molecule has 0 bridgehead atoms. The number of hydrogen-bond acceptors (Lipinski definition) is 2. The van der Waals surface area contributed by atoms with Crippen molar-refractivity contribution in [2.45, 2.75) is 45.1 Å². The number of pyridine rings is 1. The van der Waals surface area contributed by atoms with E-state index in [4.69, 9.17) is 0 Å². The molecule has 2 nitrogen and oxygen atoms in total. The fourth-order valence-corrected chi connectivity index (χ4v) is 2.29. The van der Waals surface area contributed by atoms with Crippen LogP contribution in [0.2, 0.25) is 0 Å². The maximum Gasteiger partial charge on any atom is 0.0375 e. The molecule has 0 saturated carbocycles. The number of nitrogens with one attached hydrogen (secondary N) is 1. The SMILES string of the molecule is Cc1cc(CC2CCCCCN2)ccn1. The smallest absolute Gasteiger partial charge is 0.0375 e. The molecule has 0 aromatic carbocycles. The summed E-state index contributed by atoms with van der Waals surface area (Å²) in [4.78, 5) is 4.23. The van der Waals surface area contributed by atoms with E-state index >= 15 is 0 Å². The van der Waals surface area contributed by atoms with Crippen LogP contribution in [0.4, 0.5) is 0 Å². The minimum absolute atomic E-state index is 0.675. The molecule has 1 unspecified atom stereocenters. The Hall–Kier alpha value is -0.890. The summed E-state index contributed by atoms with van der Waals surface area (Å²) >= 11 is 0. The molecule has 1 N–H and O–H groups in total.